The van der Waals surface area contributed by atoms with Gasteiger partial charge in [-0.3, -0.25) is 0 Å². The van der Waals surface area contributed by atoms with Gasteiger partial charge in [-0.05, 0) is 153 Å². The third-order valence-electron chi connectivity index (χ3n) is 12.2. The van der Waals surface area contributed by atoms with Crippen LogP contribution in [-0.2, 0) is 38.3 Å². The molecule has 1 unspecified atom stereocenters. The molecule has 1 saturated carbocycles. The molecule has 0 N–H and O–H groups in total. The summed E-state index contributed by atoms with van der Waals surface area (Å²) in [7, 11) is 0. The maximum Gasteiger partial charge on any atom is 0.333 e. The monoisotopic (exact) mass is 844 g/mol. The summed E-state index contributed by atoms with van der Waals surface area (Å²) in [6.07, 6.45) is 14.2. The number of unbranched alkanes of at least 4 members (excludes halogenated alkanes) is 2. The number of carbonyl (C=O) groups excluding carboxylic acids is 2. The van der Waals surface area contributed by atoms with E-state index in [-0.39, 0.29) is 19.0 Å². The van der Waals surface area contributed by atoms with Gasteiger partial charge in [-0.25, -0.2) is 14.0 Å². The van der Waals surface area contributed by atoms with Crippen LogP contribution >= 0.6 is 25.3 Å². The van der Waals surface area contributed by atoms with Crippen LogP contribution < -0.4 is 4.74 Å². The van der Waals surface area contributed by atoms with Gasteiger partial charge in [0, 0.05) is 27.9 Å². The van der Waals surface area contributed by atoms with Crippen LogP contribution in [-0.4, -0.2) is 43.3 Å². The zero-order chi connectivity index (χ0) is 43.0. The Morgan fingerprint density at radius 1 is 0.763 bits per heavy atom. The molecule has 0 bridgehead atoms. The van der Waals surface area contributed by atoms with E-state index in [2.05, 4.69) is 89.5 Å². The lowest BCUT2D eigenvalue weighted by atomic mass is 9.76. The van der Waals surface area contributed by atoms with Crippen molar-refractivity contribution in [1.29, 1.82) is 0 Å². The van der Waals surface area contributed by atoms with Crippen molar-refractivity contribution in [2.24, 2.45) is 11.3 Å². The summed E-state index contributed by atoms with van der Waals surface area (Å²) in [6, 6.07) is 16.6. The number of esters is 2. The first kappa shape index (κ1) is 48.2. The quantitative estimate of drug-likeness (QED) is 0.0407. The van der Waals surface area contributed by atoms with E-state index in [1.54, 1.807) is 19.9 Å². The molecule has 59 heavy (non-hydrogen) atoms. The Labute approximate surface area is 365 Å². The summed E-state index contributed by atoms with van der Waals surface area (Å²) >= 11 is 9.16. The lowest BCUT2D eigenvalue weighted by Gasteiger charge is -2.31. The average molecular weight is 845 g/mol. The zero-order valence-corrected chi connectivity index (χ0v) is 38.2. The van der Waals surface area contributed by atoms with E-state index < -0.39 is 17.4 Å². The summed E-state index contributed by atoms with van der Waals surface area (Å²) in [5.74, 6) is 2.20. The van der Waals surface area contributed by atoms with E-state index >= 15 is 4.39 Å². The van der Waals surface area contributed by atoms with Crippen LogP contribution in [0.2, 0.25) is 0 Å². The topological polar surface area (TPSA) is 61.8 Å². The predicted molar refractivity (Wildman–Crippen MR) is 250 cm³/mol. The van der Waals surface area contributed by atoms with E-state index in [9.17, 15) is 9.59 Å². The molecule has 0 amide bonds. The number of halogens is 1. The molecule has 0 spiro atoms. The van der Waals surface area contributed by atoms with E-state index in [0.29, 0.717) is 54.2 Å². The van der Waals surface area contributed by atoms with Crippen molar-refractivity contribution in [3.05, 3.63) is 101 Å². The van der Waals surface area contributed by atoms with Gasteiger partial charge in [0.05, 0.1) is 13.2 Å². The number of hydrogen-bond acceptors (Lipinski definition) is 7. The van der Waals surface area contributed by atoms with Gasteiger partial charge >= 0.3 is 11.9 Å². The van der Waals surface area contributed by atoms with Crippen molar-refractivity contribution in [3.63, 3.8) is 0 Å². The number of aryl methyl sites for hydroxylation is 3. The number of thiol groups is 2. The highest BCUT2D eigenvalue weighted by Crippen LogP contribution is 2.41. The molecule has 1 aliphatic carbocycles. The molecule has 8 heteroatoms. The standard InChI is InChI=1S/C51H69FO5S2/c1-8-11-12-15-37-18-20-39(21-19-37)40-22-24-44(47(52)31-40)46-30-41(16-13-26-55-49(53)35(4)5)45(29-38(46)9-2)42-23-25-48(43(28-42)17-14-27-58)56-32-51(10-3,34-59)33-57-50(54)36(6)7/h22-25,28-31,37,39,58-59H,4,6,8-21,26-27,32-34H2,1-3,5,7H3. The minimum absolute atomic E-state index is 0.175. The van der Waals surface area contributed by atoms with Crippen molar-refractivity contribution in [2.45, 2.75) is 130 Å². The van der Waals surface area contributed by atoms with Crippen molar-refractivity contribution in [1.82, 2.24) is 0 Å². The van der Waals surface area contributed by atoms with Crippen molar-refractivity contribution in [2.75, 3.05) is 31.3 Å². The largest absolute Gasteiger partial charge is 0.493 e. The van der Waals surface area contributed by atoms with Crippen molar-refractivity contribution >= 4 is 37.2 Å². The number of ether oxygens (including phenoxy) is 3. The first-order valence-electron chi connectivity index (χ1n) is 22.0. The lowest BCUT2D eigenvalue weighted by molar-refractivity contribution is -0.143. The summed E-state index contributed by atoms with van der Waals surface area (Å²) in [5.41, 5.74) is 8.17. The maximum absolute atomic E-state index is 16.3. The van der Waals surface area contributed by atoms with Crippen LogP contribution in [0, 0.1) is 17.2 Å². The van der Waals surface area contributed by atoms with Crippen LogP contribution in [0.4, 0.5) is 4.39 Å². The van der Waals surface area contributed by atoms with Gasteiger partial charge in [0.15, 0.2) is 0 Å². The minimum atomic E-state index is -0.471. The fraction of sp³-hybridized carbons (Fsp3) is 0.529. The molecule has 0 heterocycles. The third kappa shape index (κ3) is 13.8. The first-order chi connectivity index (χ1) is 28.4. The predicted octanol–water partition coefficient (Wildman–Crippen LogP) is 13.3. The van der Waals surface area contributed by atoms with Gasteiger partial charge in [-0.15, -0.1) is 0 Å². The smallest absolute Gasteiger partial charge is 0.333 e. The fourth-order valence-corrected chi connectivity index (χ4v) is 8.67. The Morgan fingerprint density at radius 2 is 1.46 bits per heavy atom. The summed E-state index contributed by atoms with van der Waals surface area (Å²) in [6.45, 7) is 17.9. The molecule has 5 nitrogen and oxygen atoms in total. The second-order valence-corrected chi connectivity index (χ2v) is 17.6. The molecule has 322 valence electrons. The van der Waals surface area contributed by atoms with Gasteiger partial charge in [-0.1, -0.05) is 89.9 Å². The molecule has 0 aliphatic heterocycles. The highest BCUT2D eigenvalue weighted by atomic mass is 32.1. The number of rotatable bonds is 24. The van der Waals surface area contributed by atoms with E-state index in [0.717, 1.165) is 88.5 Å². The van der Waals surface area contributed by atoms with Crippen LogP contribution in [0.25, 0.3) is 22.3 Å². The molecular formula is C51H69FO5S2. The van der Waals surface area contributed by atoms with Crippen LogP contribution in [0.3, 0.4) is 0 Å². The Bertz CT molecular complexity index is 1870. The number of carbonyl (C=O) groups is 2. The van der Waals surface area contributed by atoms with E-state index in [4.69, 9.17) is 14.2 Å². The number of benzene rings is 3. The normalized spacial score (nSPS) is 16.3. The van der Waals surface area contributed by atoms with Crippen molar-refractivity contribution < 1.29 is 28.2 Å². The summed E-state index contributed by atoms with van der Waals surface area (Å²) in [5, 5.41) is 0. The van der Waals surface area contributed by atoms with Crippen LogP contribution in [0.15, 0.2) is 72.8 Å². The van der Waals surface area contributed by atoms with Gasteiger partial charge in [0.2, 0.25) is 0 Å². The van der Waals surface area contributed by atoms with Gasteiger partial charge < -0.3 is 14.2 Å². The highest BCUT2D eigenvalue weighted by molar-refractivity contribution is 7.80. The number of hydrogen-bond donors (Lipinski definition) is 2. The molecule has 1 fully saturated rings. The Hall–Kier alpha value is -3.49. The highest BCUT2D eigenvalue weighted by Gasteiger charge is 2.31. The molecule has 3 aromatic carbocycles. The van der Waals surface area contributed by atoms with Crippen LogP contribution in [0.1, 0.15) is 133 Å². The molecule has 1 aliphatic rings. The zero-order valence-electron chi connectivity index (χ0n) is 36.4. The van der Waals surface area contributed by atoms with Gasteiger partial charge in [0.25, 0.3) is 0 Å². The first-order valence-corrected chi connectivity index (χ1v) is 23.2. The molecule has 1 atom stereocenters. The molecule has 0 radical (unpaired) electrons. The second kappa shape index (κ2) is 24.1. The second-order valence-electron chi connectivity index (χ2n) is 16.8. The summed E-state index contributed by atoms with van der Waals surface area (Å²) < 4.78 is 34.0. The van der Waals surface area contributed by atoms with Crippen molar-refractivity contribution in [3.8, 4) is 28.0 Å². The van der Waals surface area contributed by atoms with E-state index in [1.165, 1.54) is 38.5 Å². The summed E-state index contributed by atoms with van der Waals surface area (Å²) in [4.78, 5) is 24.5. The maximum atomic E-state index is 16.3. The Balaban J connectivity index is 1.68. The molecule has 0 saturated heterocycles. The average Bonchev–Trinajstić information content (AvgIpc) is 3.24. The van der Waals surface area contributed by atoms with E-state index in [1.807, 2.05) is 12.1 Å². The SMILES string of the molecule is C=C(C)C(=O)OCCCc1cc(-c2ccc(C3CCC(CCCCC)CC3)cc2F)c(CC)cc1-c1ccc(OCC(CC)(CS)COC(=O)C(=C)C)c(CCCS)c1. The minimum Gasteiger partial charge on any atom is -0.493 e. The van der Waals surface area contributed by atoms with Crippen LogP contribution in [0.5, 0.6) is 5.75 Å². The molecular weight excluding hydrogens is 776 g/mol. The molecule has 4 rings (SSSR count). The Morgan fingerprint density at radius 3 is 2.08 bits per heavy atom. The lowest BCUT2D eigenvalue weighted by Crippen LogP contribution is -2.36. The molecule has 3 aromatic rings. The van der Waals surface area contributed by atoms with Gasteiger partial charge in [0.1, 0.15) is 18.2 Å². The Kier molecular flexibility index (Phi) is 19.7. The third-order valence-corrected chi connectivity index (χ3v) is 13.1. The molecule has 0 aromatic heterocycles. The van der Waals surface area contributed by atoms with Gasteiger partial charge in [-0.2, -0.15) is 25.3 Å². The fourth-order valence-electron chi connectivity index (χ4n) is 8.10.